The Morgan fingerprint density at radius 3 is 2.37 bits per heavy atom. The van der Waals surface area contributed by atoms with E-state index in [0.717, 1.165) is 55.7 Å². The van der Waals surface area contributed by atoms with Crippen LogP contribution in [0.1, 0.15) is 33.0 Å². The van der Waals surface area contributed by atoms with Gasteiger partial charge >= 0.3 is 5.69 Å². The Balaban J connectivity index is 1.30. The Morgan fingerprint density at radius 1 is 0.943 bits per heavy atom. The van der Waals surface area contributed by atoms with Crippen LogP contribution in [0.3, 0.4) is 0 Å². The number of benzene rings is 2. The smallest absolute Gasteiger partial charge is 0.346 e. The van der Waals surface area contributed by atoms with Gasteiger partial charge in [0.25, 0.3) is 0 Å². The lowest BCUT2D eigenvalue weighted by Crippen LogP contribution is -2.46. The number of nitrogens with zero attached hydrogens (tertiary/aromatic N) is 5. The van der Waals surface area contributed by atoms with E-state index in [1.807, 2.05) is 48.5 Å². The normalized spacial score (nSPS) is 14.9. The average molecular weight is 498 g/mol. The minimum atomic E-state index is -0.228. The second-order valence-corrected chi connectivity index (χ2v) is 10.5. The summed E-state index contributed by atoms with van der Waals surface area (Å²) in [6, 6.07) is 17.7. The average Bonchev–Trinajstić information content (AvgIpc) is 3.16. The van der Waals surface area contributed by atoms with E-state index in [1.165, 1.54) is 5.69 Å². The van der Waals surface area contributed by atoms with Gasteiger partial charge in [-0.25, -0.2) is 9.48 Å². The van der Waals surface area contributed by atoms with Crippen LogP contribution < -0.4 is 15.3 Å². The Bertz CT molecular complexity index is 1140. The van der Waals surface area contributed by atoms with Gasteiger partial charge in [-0.15, -0.1) is 0 Å². The molecule has 0 atom stereocenters. The van der Waals surface area contributed by atoms with Gasteiger partial charge in [-0.05, 0) is 36.8 Å². The summed E-state index contributed by atoms with van der Waals surface area (Å²) in [4.78, 5) is 18.0. The maximum Gasteiger partial charge on any atom is 0.346 e. The Labute approximate surface area is 212 Å². The van der Waals surface area contributed by atoms with E-state index in [2.05, 4.69) is 36.6 Å². The molecule has 0 amide bonds. The molecule has 0 saturated carbocycles. The van der Waals surface area contributed by atoms with Gasteiger partial charge in [-0.3, -0.25) is 9.47 Å². The van der Waals surface area contributed by atoms with Gasteiger partial charge in [-0.2, -0.15) is 5.10 Å². The van der Waals surface area contributed by atoms with Crippen LogP contribution >= 0.6 is 11.6 Å². The molecule has 3 aromatic rings. The molecule has 1 saturated heterocycles. The highest BCUT2D eigenvalue weighted by atomic mass is 35.5. The zero-order valence-electron chi connectivity index (χ0n) is 21.0. The van der Waals surface area contributed by atoms with Gasteiger partial charge in [0.1, 0.15) is 18.2 Å². The number of para-hydroxylation sites is 1. The predicted octanol–water partition coefficient (Wildman–Crippen LogP) is 4.29. The highest BCUT2D eigenvalue weighted by molar-refractivity contribution is 6.30. The van der Waals surface area contributed by atoms with Gasteiger partial charge in [-0.1, -0.05) is 56.6 Å². The van der Waals surface area contributed by atoms with E-state index in [4.69, 9.17) is 21.4 Å². The number of hydrogen-bond donors (Lipinski definition) is 0. The van der Waals surface area contributed by atoms with Crippen LogP contribution in [-0.4, -0.2) is 58.6 Å². The van der Waals surface area contributed by atoms with Crippen molar-refractivity contribution in [2.45, 2.75) is 45.7 Å². The molecule has 1 aliphatic heterocycles. The molecule has 188 valence electrons. The van der Waals surface area contributed by atoms with Crippen molar-refractivity contribution < 1.29 is 4.74 Å². The van der Waals surface area contributed by atoms with Crippen LogP contribution in [0.4, 0.5) is 5.69 Å². The fourth-order valence-corrected chi connectivity index (χ4v) is 4.65. The third-order valence-electron chi connectivity index (χ3n) is 6.31. The van der Waals surface area contributed by atoms with E-state index >= 15 is 0 Å². The molecule has 0 radical (unpaired) electrons. The molecule has 1 fully saturated rings. The first-order valence-corrected chi connectivity index (χ1v) is 12.8. The number of aryl methyl sites for hydroxylation is 1. The topological polar surface area (TPSA) is 55.5 Å². The van der Waals surface area contributed by atoms with E-state index < -0.39 is 0 Å². The zero-order chi connectivity index (χ0) is 24.8. The lowest BCUT2D eigenvalue weighted by molar-refractivity contribution is 0.248. The highest BCUT2D eigenvalue weighted by Crippen LogP contribution is 2.21. The van der Waals surface area contributed by atoms with Crippen molar-refractivity contribution in [1.82, 2.24) is 19.2 Å². The number of halogens is 1. The second-order valence-electron chi connectivity index (χ2n) is 10.1. The van der Waals surface area contributed by atoms with Crippen LogP contribution in [0.2, 0.25) is 5.02 Å². The van der Waals surface area contributed by atoms with Crippen molar-refractivity contribution in [3.8, 4) is 5.75 Å². The van der Waals surface area contributed by atoms with Crippen molar-refractivity contribution in [2.75, 3.05) is 44.2 Å². The van der Waals surface area contributed by atoms with Crippen molar-refractivity contribution in [3.05, 3.63) is 75.9 Å². The highest BCUT2D eigenvalue weighted by Gasteiger charge is 2.25. The molecule has 2 heterocycles. The summed E-state index contributed by atoms with van der Waals surface area (Å²) in [6.07, 6.45) is 0.887. The molecular formula is C27H36ClN5O2. The molecule has 35 heavy (non-hydrogen) atoms. The molecule has 0 aliphatic carbocycles. The van der Waals surface area contributed by atoms with Crippen molar-refractivity contribution in [3.63, 3.8) is 0 Å². The minimum absolute atomic E-state index is 0.0580. The molecule has 1 aliphatic rings. The van der Waals surface area contributed by atoms with Crippen molar-refractivity contribution >= 4 is 17.3 Å². The van der Waals surface area contributed by atoms with Gasteiger partial charge in [0.05, 0.1) is 6.54 Å². The van der Waals surface area contributed by atoms with E-state index in [1.54, 1.807) is 9.25 Å². The molecule has 0 unspecified atom stereocenters. The maximum absolute atomic E-state index is 13.2. The van der Waals surface area contributed by atoms with Crippen LogP contribution in [0.25, 0.3) is 0 Å². The molecular weight excluding hydrogens is 462 g/mol. The van der Waals surface area contributed by atoms with Gasteiger partial charge in [0.2, 0.25) is 0 Å². The lowest BCUT2D eigenvalue weighted by atomic mass is 9.96. The largest absolute Gasteiger partial charge is 0.492 e. The summed E-state index contributed by atoms with van der Waals surface area (Å²) >= 11 is 6.15. The monoisotopic (exact) mass is 497 g/mol. The summed E-state index contributed by atoms with van der Waals surface area (Å²) in [7, 11) is 0. The van der Waals surface area contributed by atoms with Gasteiger partial charge < -0.3 is 9.64 Å². The molecule has 0 spiro atoms. The number of aromatic nitrogens is 3. The van der Waals surface area contributed by atoms with Crippen molar-refractivity contribution in [2.24, 2.45) is 0 Å². The number of ether oxygens (including phenoxy) is 1. The Morgan fingerprint density at radius 2 is 1.69 bits per heavy atom. The number of piperazine rings is 1. The lowest BCUT2D eigenvalue weighted by Gasteiger charge is -2.36. The quantitative estimate of drug-likeness (QED) is 0.441. The summed E-state index contributed by atoms with van der Waals surface area (Å²) in [6.45, 7) is 12.7. The van der Waals surface area contributed by atoms with Crippen LogP contribution in [-0.2, 0) is 18.5 Å². The maximum atomic E-state index is 13.2. The van der Waals surface area contributed by atoms with Crippen LogP contribution in [0.15, 0.2) is 59.4 Å². The summed E-state index contributed by atoms with van der Waals surface area (Å²) < 4.78 is 9.24. The zero-order valence-corrected chi connectivity index (χ0v) is 21.7. The van der Waals surface area contributed by atoms with E-state index in [-0.39, 0.29) is 11.1 Å². The molecule has 4 rings (SSSR count). The second kappa shape index (κ2) is 11.3. The van der Waals surface area contributed by atoms with E-state index in [0.29, 0.717) is 19.7 Å². The van der Waals surface area contributed by atoms with Crippen LogP contribution in [0.5, 0.6) is 5.75 Å². The van der Waals surface area contributed by atoms with E-state index in [9.17, 15) is 4.79 Å². The third kappa shape index (κ3) is 6.67. The summed E-state index contributed by atoms with van der Waals surface area (Å²) in [5.41, 5.74) is 0.894. The first kappa shape index (κ1) is 25.3. The van der Waals surface area contributed by atoms with Gasteiger partial charge in [0, 0.05) is 55.4 Å². The third-order valence-corrected chi connectivity index (χ3v) is 6.55. The summed E-state index contributed by atoms with van der Waals surface area (Å²) in [5, 5.41) is 5.50. The Kier molecular flexibility index (Phi) is 8.19. The first-order valence-electron chi connectivity index (χ1n) is 12.4. The predicted molar refractivity (Wildman–Crippen MR) is 142 cm³/mol. The van der Waals surface area contributed by atoms with Crippen molar-refractivity contribution in [1.29, 1.82) is 0 Å². The SMILES string of the molecule is CC(C)(C)c1nn(CCCN2CCN(c3cccc(Cl)c3)CC2)c(=O)n1CCOc1ccccc1. The van der Waals surface area contributed by atoms with Crippen LogP contribution in [0, 0.1) is 0 Å². The number of hydrogen-bond acceptors (Lipinski definition) is 5. The fourth-order valence-electron chi connectivity index (χ4n) is 4.46. The minimum Gasteiger partial charge on any atom is -0.492 e. The molecule has 8 heteroatoms. The number of rotatable bonds is 9. The standard InChI is InChI=1S/C27H36ClN5O2/c1-27(2,3)25-29-33(26(34)32(25)19-20-35-24-11-5-4-6-12-24)14-8-13-30-15-17-31(18-16-30)23-10-7-9-22(28)21-23/h4-7,9-12,21H,8,13-20H2,1-3H3. The molecule has 0 N–H and O–H groups in total. The van der Waals surface area contributed by atoms with Gasteiger partial charge in [0.15, 0.2) is 0 Å². The fraction of sp³-hybridized carbons (Fsp3) is 0.481. The first-order chi connectivity index (χ1) is 16.8. The Hall–Kier alpha value is -2.77. The molecule has 2 aromatic carbocycles. The number of anilines is 1. The summed E-state index contributed by atoms with van der Waals surface area (Å²) in [5.74, 6) is 1.61. The molecule has 1 aromatic heterocycles. The molecule has 7 nitrogen and oxygen atoms in total. The molecule has 0 bridgehead atoms.